The van der Waals surface area contributed by atoms with Crippen LogP contribution < -0.4 is 4.72 Å². The van der Waals surface area contributed by atoms with Crippen LogP contribution in [0.25, 0.3) is 6.08 Å². The minimum absolute atomic E-state index is 0.0612. The first-order valence-electron chi connectivity index (χ1n) is 14.9. The van der Waals surface area contributed by atoms with Crippen LogP contribution in [0.4, 0.5) is 0 Å². The molecular weight excluding hydrogens is 649 g/mol. The number of nitrogens with zero attached hydrogens (tertiary/aromatic N) is 2. The molecule has 1 aliphatic heterocycles. The Morgan fingerprint density at radius 1 is 1.04 bits per heavy atom. The lowest BCUT2D eigenvalue weighted by Gasteiger charge is -2.29. The molecule has 2 aliphatic rings. The van der Waals surface area contributed by atoms with Gasteiger partial charge in [0.25, 0.3) is 5.91 Å². The van der Waals surface area contributed by atoms with E-state index in [1.165, 1.54) is 24.1 Å². The normalized spacial score (nSPS) is 20.2. The number of rotatable bonds is 9. The minimum Gasteiger partial charge on any atom is -0.454 e. The lowest BCUT2D eigenvalue weighted by molar-refractivity contribution is -0.156. The van der Waals surface area contributed by atoms with E-state index in [-0.39, 0.29) is 10.8 Å². The van der Waals surface area contributed by atoms with Gasteiger partial charge in [0, 0.05) is 16.0 Å². The Balaban J connectivity index is 1.37. The topological polar surface area (TPSA) is 125 Å². The Morgan fingerprint density at radius 3 is 2.33 bits per heavy atom. The van der Waals surface area contributed by atoms with Crippen molar-refractivity contribution < 1.29 is 27.9 Å². The third-order valence-corrected chi connectivity index (χ3v) is 10.3. The number of allylic oxidation sites excluding steroid dienone is 1. The van der Waals surface area contributed by atoms with E-state index in [0.29, 0.717) is 10.0 Å². The predicted molar refractivity (Wildman–Crippen MR) is 178 cm³/mol. The zero-order valence-corrected chi connectivity index (χ0v) is 27.9. The number of sulfonamides is 1. The highest BCUT2D eigenvalue weighted by Gasteiger charge is 2.44. The molecule has 4 atom stereocenters. The molecule has 0 radical (unpaired) electrons. The van der Waals surface area contributed by atoms with Crippen LogP contribution in [0, 0.1) is 19.8 Å². The Morgan fingerprint density at radius 2 is 1.70 bits per heavy atom. The van der Waals surface area contributed by atoms with Gasteiger partial charge in [0.15, 0.2) is 6.61 Å². The molecule has 1 fully saturated rings. The van der Waals surface area contributed by atoms with Crippen LogP contribution in [0.2, 0.25) is 10.0 Å². The third kappa shape index (κ3) is 7.53. The molecule has 1 amide bonds. The van der Waals surface area contributed by atoms with Crippen molar-refractivity contribution in [2.75, 3.05) is 6.61 Å². The van der Waals surface area contributed by atoms with Crippen LogP contribution in [0.1, 0.15) is 54.5 Å². The Labute approximate surface area is 278 Å². The molecular formula is C34H35Cl2N3O6S. The summed E-state index contributed by atoms with van der Waals surface area (Å²) in [4.78, 5) is 26.7. The van der Waals surface area contributed by atoms with Crippen molar-refractivity contribution >= 4 is 56.9 Å². The molecule has 1 aliphatic carbocycles. The van der Waals surface area contributed by atoms with Crippen LogP contribution in [0.5, 0.6) is 0 Å². The van der Waals surface area contributed by atoms with Gasteiger partial charge >= 0.3 is 5.97 Å². The maximum Gasteiger partial charge on any atom is 0.327 e. The quantitative estimate of drug-likeness (QED) is 0.266. The first kappa shape index (κ1) is 33.8. The SMILES string of the molecule is Cc1ccc(S(=O)(=O)NC(C(=O)OCC(=O)N2N=C3/C(=C\c4ccc(Cl)cc4)CCCC3C2c2ccc(Cl)cc2)C(C)O)cc1C. The second-order valence-electron chi connectivity index (χ2n) is 11.6. The lowest BCUT2D eigenvalue weighted by atomic mass is 9.77. The van der Waals surface area contributed by atoms with Gasteiger partial charge in [-0.1, -0.05) is 53.5 Å². The molecule has 0 aromatic heterocycles. The number of carbonyl (C=O) groups excluding carboxylic acids is 2. The summed E-state index contributed by atoms with van der Waals surface area (Å²) in [6.07, 6.45) is 3.06. The summed E-state index contributed by atoms with van der Waals surface area (Å²) < 4.78 is 33.7. The summed E-state index contributed by atoms with van der Waals surface area (Å²) in [6.45, 7) is 4.17. The molecule has 2 N–H and O–H groups in total. The molecule has 5 rings (SSSR count). The molecule has 0 bridgehead atoms. The molecule has 12 heteroatoms. The van der Waals surface area contributed by atoms with Crippen LogP contribution in [0.3, 0.4) is 0 Å². The van der Waals surface area contributed by atoms with Gasteiger partial charge in [-0.25, -0.2) is 13.4 Å². The van der Waals surface area contributed by atoms with Gasteiger partial charge in [-0.05, 0) is 110 Å². The molecule has 3 aromatic carbocycles. The maximum absolute atomic E-state index is 13.7. The number of halogens is 2. The summed E-state index contributed by atoms with van der Waals surface area (Å²) >= 11 is 12.2. The summed E-state index contributed by atoms with van der Waals surface area (Å²) in [6, 6.07) is 17.1. The van der Waals surface area contributed by atoms with E-state index in [0.717, 1.165) is 52.8 Å². The van der Waals surface area contributed by atoms with E-state index < -0.39 is 46.7 Å². The first-order chi connectivity index (χ1) is 21.8. The number of carbonyl (C=O) groups is 2. The van der Waals surface area contributed by atoms with E-state index >= 15 is 0 Å². The molecule has 1 saturated carbocycles. The number of hydrogen-bond donors (Lipinski definition) is 2. The Kier molecular flexibility index (Phi) is 10.3. The first-order valence-corrected chi connectivity index (χ1v) is 17.1. The average Bonchev–Trinajstić information content (AvgIpc) is 3.42. The van der Waals surface area contributed by atoms with E-state index in [9.17, 15) is 23.1 Å². The van der Waals surface area contributed by atoms with E-state index in [2.05, 4.69) is 4.72 Å². The number of hydrazone groups is 1. The number of aryl methyl sites for hydroxylation is 2. The molecule has 46 heavy (non-hydrogen) atoms. The third-order valence-electron chi connectivity index (χ3n) is 8.32. The average molecular weight is 685 g/mol. The van der Waals surface area contributed by atoms with Crippen molar-refractivity contribution in [1.82, 2.24) is 9.73 Å². The number of ether oxygens (including phenoxy) is 1. The lowest BCUT2D eigenvalue weighted by Crippen LogP contribution is -2.49. The van der Waals surface area contributed by atoms with Crippen molar-refractivity contribution in [1.29, 1.82) is 0 Å². The number of aliphatic hydroxyl groups is 1. The zero-order valence-electron chi connectivity index (χ0n) is 25.6. The molecule has 3 aromatic rings. The molecule has 0 saturated heterocycles. The fourth-order valence-electron chi connectivity index (χ4n) is 5.71. The molecule has 9 nitrogen and oxygen atoms in total. The van der Waals surface area contributed by atoms with Gasteiger partial charge in [0.05, 0.1) is 22.8 Å². The van der Waals surface area contributed by atoms with Gasteiger partial charge in [-0.2, -0.15) is 9.82 Å². The number of benzene rings is 3. The highest BCUT2D eigenvalue weighted by Crippen LogP contribution is 2.44. The van der Waals surface area contributed by atoms with Crippen molar-refractivity contribution in [3.05, 3.63) is 105 Å². The second-order valence-corrected chi connectivity index (χ2v) is 14.2. The monoisotopic (exact) mass is 683 g/mol. The molecule has 242 valence electrons. The summed E-state index contributed by atoms with van der Waals surface area (Å²) in [5.74, 6) is -1.79. The summed E-state index contributed by atoms with van der Waals surface area (Å²) in [5.41, 5.74) is 5.21. The largest absolute Gasteiger partial charge is 0.454 e. The van der Waals surface area contributed by atoms with Crippen molar-refractivity contribution in [2.45, 2.75) is 63.1 Å². The van der Waals surface area contributed by atoms with E-state index in [1.807, 2.05) is 49.4 Å². The molecule has 0 spiro atoms. The summed E-state index contributed by atoms with van der Waals surface area (Å²) in [5, 5.41) is 17.6. The fourth-order valence-corrected chi connectivity index (χ4v) is 7.30. The maximum atomic E-state index is 13.7. The highest BCUT2D eigenvalue weighted by molar-refractivity contribution is 7.89. The van der Waals surface area contributed by atoms with Gasteiger partial charge in [-0.15, -0.1) is 0 Å². The Bertz CT molecular complexity index is 1790. The number of fused-ring (bicyclic) bond motifs is 1. The van der Waals surface area contributed by atoms with Crippen molar-refractivity contribution in [3.8, 4) is 0 Å². The van der Waals surface area contributed by atoms with Crippen LogP contribution in [-0.2, 0) is 24.3 Å². The highest BCUT2D eigenvalue weighted by atomic mass is 35.5. The fraction of sp³-hybridized carbons (Fsp3) is 0.324. The van der Waals surface area contributed by atoms with Gasteiger partial charge in [0.2, 0.25) is 10.0 Å². The number of aliphatic hydroxyl groups excluding tert-OH is 1. The van der Waals surface area contributed by atoms with E-state index in [4.69, 9.17) is 33.0 Å². The number of nitrogens with one attached hydrogen (secondary N) is 1. The van der Waals surface area contributed by atoms with Crippen molar-refractivity contribution in [3.63, 3.8) is 0 Å². The van der Waals surface area contributed by atoms with Crippen LogP contribution >= 0.6 is 23.2 Å². The van der Waals surface area contributed by atoms with Gasteiger partial charge in [-0.3, -0.25) is 9.59 Å². The van der Waals surface area contributed by atoms with Crippen LogP contribution in [0.15, 0.2) is 82.3 Å². The second kappa shape index (κ2) is 14.1. The predicted octanol–water partition coefficient (Wildman–Crippen LogP) is 6.00. The number of amides is 1. The number of esters is 1. The van der Waals surface area contributed by atoms with Crippen LogP contribution in [-0.4, -0.2) is 54.9 Å². The molecule has 1 heterocycles. The van der Waals surface area contributed by atoms with Crippen molar-refractivity contribution in [2.24, 2.45) is 11.0 Å². The van der Waals surface area contributed by atoms with Gasteiger partial charge in [0.1, 0.15) is 6.04 Å². The minimum atomic E-state index is -4.19. The number of hydrogen-bond acceptors (Lipinski definition) is 7. The summed E-state index contributed by atoms with van der Waals surface area (Å²) in [7, 11) is -4.19. The zero-order chi connectivity index (χ0) is 33.2. The van der Waals surface area contributed by atoms with Gasteiger partial charge < -0.3 is 9.84 Å². The standard InChI is InChI=1S/C34H35Cl2N3O6S/c1-20-7-16-28(17-21(20)2)46(43,44)38-31(22(3)40)34(42)45-19-30(41)39-33(24-10-14-27(36)15-11-24)29-6-4-5-25(32(29)37-39)18-23-8-12-26(35)13-9-23/h7-18,22,29,31,33,38,40H,4-6,19H2,1-3H3/b25-18-. The smallest absolute Gasteiger partial charge is 0.327 e. The van der Waals surface area contributed by atoms with E-state index in [1.54, 1.807) is 25.1 Å². The Hall–Kier alpha value is -3.54. The molecule has 4 unspecified atom stereocenters.